The Bertz CT molecular complexity index is 915. The fraction of sp³-hybridized carbons (Fsp3) is 0.0556. The van der Waals surface area contributed by atoms with Crippen molar-refractivity contribution in [3.05, 3.63) is 67.0 Å². The molecule has 2 aromatic carbocycles. The predicted molar refractivity (Wildman–Crippen MR) is 115 cm³/mol. The average Bonchev–Trinajstić information content (AvgIpc) is 2.84. The van der Waals surface area contributed by atoms with E-state index in [9.17, 15) is 14.4 Å². The first-order valence-electron chi connectivity index (χ1n) is 7.49. The highest BCUT2D eigenvalue weighted by Gasteiger charge is 2.36. The lowest BCUT2D eigenvalue weighted by molar-refractivity contribution is -0.127. The van der Waals surface area contributed by atoms with Crippen LogP contribution in [0.1, 0.15) is 5.56 Å². The van der Waals surface area contributed by atoms with Gasteiger partial charge in [-0.05, 0) is 82.4 Å². The van der Waals surface area contributed by atoms with Crippen LogP contribution in [0.3, 0.4) is 0 Å². The van der Waals surface area contributed by atoms with Gasteiger partial charge in [-0.25, -0.2) is 0 Å². The first-order chi connectivity index (χ1) is 12.4. The summed E-state index contributed by atoms with van der Waals surface area (Å²) in [5.41, 5.74) is 1.42. The highest BCUT2D eigenvalue weighted by Crippen LogP contribution is 2.32. The number of anilines is 1. The summed E-state index contributed by atoms with van der Waals surface area (Å²) in [5, 5.41) is 2.24. The third-order valence-electron chi connectivity index (χ3n) is 3.45. The van der Waals surface area contributed by atoms with Crippen molar-refractivity contribution >= 4 is 79.1 Å². The quantitative estimate of drug-likeness (QED) is 0.448. The minimum Gasteiger partial charge on any atom is -0.325 e. The van der Waals surface area contributed by atoms with Gasteiger partial charge in [-0.2, -0.15) is 0 Å². The summed E-state index contributed by atoms with van der Waals surface area (Å²) in [4.78, 5) is 38.0. The largest absolute Gasteiger partial charge is 0.325 e. The van der Waals surface area contributed by atoms with Crippen LogP contribution in [0.15, 0.2) is 57.9 Å². The first kappa shape index (κ1) is 19.1. The maximum Gasteiger partial charge on any atom is 0.294 e. The normalized spacial score (nSPS) is 15.6. The van der Waals surface area contributed by atoms with Crippen molar-refractivity contribution in [3.8, 4) is 0 Å². The fourth-order valence-electron chi connectivity index (χ4n) is 2.26. The van der Waals surface area contributed by atoms with Crippen molar-refractivity contribution in [2.45, 2.75) is 0 Å². The molecule has 5 nitrogen and oxygen atoms in total. The highest BCUT2D eigenvalue weighted by molar-refractivity contribution is 14.1. The first-order valence-corrected chi connectivity index (χ1v) is 10.2. The second-order valence-corrected chi connectivity index (χ2v) is 8.53. The smallest absolute Gasteiger partial charge is 0.294 e. The minimum absolute atomic E-state index is 0.301. The molecule has 1 fully saturated rings. The summed E-state index contributed by atoms with van der Waals surface area (Å²) >= 11 is 6.37. The molecule has 1 heterocycles. The number of halogens is 2. The molecule has 1 aliphatic heterocycles. The number of benzene rings is 2. The van der Waals surface area contributed by atoms with E-state index in [1.54, 1.807) is 18.2 Å². The van der Waals surface area contributed by atoms with E-state index < -0.39 is 17.1 Å². The van der Waals surface area contributed by atoms with Gasteiger partial charge in [-0.1, -0.05) is 28.1 Å². The summed E-state index contributed by atoms with van der Waals surface area (Å²) in [6.45, 7) is -0.313. The van der Waals surface area contributed by atoms with E-state index in [4.69, 9.17) is 0 Å². The highest BCUT2D eigenvalue weighted by atomic mass is 127. The summed E-state index contributed by atoms with van der Waals surface area (Å²) in [5.74, 6) is -0.880. The van der Waals surface area contributed by atoms with Crippen molar-refractivity contribution in [1.29, 1.82) is 0 Å². The number of carbonyl (C=O) groups excluding carboxylic acids is 3. The van der Waals surface area contributed by atoms with Crippen LogP contribution in [0.2, 0.25) is 0 Å². The van der Waals surface area contributed by atoms with E-state index in [0.717, 1.165) is 30.3 Å². The Morgan fingerprint density at radius 2 is 1.92 bits per heavy atom. The number of hydrogen-bond acceptors (Lipinski definition) is 4. The molecule has 3 rings (SSSR count). The lowest BCUT2D eigenvalue weighted by Crippen LogP contribution is -2.36. The van der Waals surface area contributed by atoms with Gasteiger partial charge in [0.25, 0.3) is 11.1 Å². The number of thioether (sulfide) groups is 1. The number of amides is 3. The van der Waals surface area contributed by atoms with Gasteiger partial charge in [0.2, 0.25) is 5.91 Å². The zero-order valence-corrected chi connectivity index (χ0v) is 17.8. The lowest BCUT2D eigenvalue weighted by atomic mass is 10.2. The monoisotopic (exact) mass is 542 g/mol. The summed E-state index contributed by atoms with van der Waals surface area (Å²) in [6, 6.07) is 14.6. The van der Waals surface area contributed by atoms with E-state index in [1.807, 2.05) is 36.4 Å². The van der Waals surface area contributed by atoms with E-state index in [0.29, 0.717) is 10.6 Å². The Morgan fingerprint density at radius 3 is 2.62 bits per heavy atom. The van der Waals surface area contributed by atoms with E-state index >= 15 is 0 Å². The van der Waals surface area contributed by atoms with Crippen LogP contribution in [0.25, 0.3) is 6.08 Å². The standard InChI is InChI=1S/C18H12BrIN2O3S/c19-12-3-1-2-11(8-12)9-15-17(24)22(18(25)26-15)10-16(23)21-14-6-4-13(20)5-7-14/h1-9H,10H2,(H,21,23)/b15-9+. The molecular weight excluding hydrogens is 531 g/mol. The van der Waals surface area contributed by atoms with Gasteiger partial charge < -0.3 is 5.32 Å². The molecule has 1 N–H and O–H groups in total. The van der Waals surface area contributed by atoms with Crippen molar-refractivity contribution in [2.75, 3.05) is 11.9 Å². The van der Waals surface area contributed by atoms with Gasteiger partial charge in [0, 0.05) is 13.7 Å². The van der Waals surface area contributed by atoms with Crippen LogP contribution in [-0.4, -0.2) is 28.5 Å². The van der Waals surface area contributed by atoms with Crippen LogP contribution in [0.5, 0.6) is 0 Å². The second-order valence-electron chi connectivity index (χ2n) is 5.38. The lowest BCUT2D eigenvalue weighted by Gasteiger charge is -2.12. The molecule has 8 heteroatoms. The fourth-order valence-corrected chi connectivity index (χ4v) is 3.88. The third kappa shape index (κ3) is 4.74. The molecule has 2 aromatic rings. The van der Waals surface area contributed by atoms with Gasteiger partial charge in [0.05, 0.1) is 4.91 Å². The molecule has 1 saturated heterocycles. The van der Waals surface area contributed by atoms with Gasteiger partial charge in [0.15, 0.2) is 0 Å². The maximum atomic E-state index is 12.5. The maximum absolute atomic E-state index is 12.5. The number of nitrogens with one attached hydrogen (secondary N) is 1. The van der Waals surface area contributed by atoms with Crippen LogP contribution < -0.4 is 5.32 Å². The van der Waals surface area contributed by atoms with Gasteiger partial charge >= 0.3 is 0 Å². The van der Waals surface area contributed by atoms with Crippen LogP contribution in [0.4, 0.5) is 10.5 Å². The Kier molecular flexibility index (Phi) is 6.15. The Labute approximate surface area is 176 Å². The van der Waals surface area contributed by atoms with Crippen LogP contribution in [-0.2, 0) is 9.59 Å². The van der Waals surface area contributed by atoms with Gasteiger partial charge in [-0.15, -0.1) is 0 Å². The molecule has 0 aromatic heterocycles. The molecule has 1 aliphatic rings. The number of imide groups is 1. The van der Waals surface area contributed by atoms with E-state index in [2.05, 4.69) is 43.8 Å². The topological polar surface area (TPSA) is 66.5 Å². The predicted octanol–water partition coefficient (Wildman–Crippen LogP) is 4.73. The third-order valence-corrected chi connectivity index (χ3v) is 5.57. The van der Waals surface area contributed by atoms with Gasteiger partial charge in [-0.3, -0.25) is 19.3 Å². The van der Waals surface area contributed by atoms with E-state index in [1.165, 1.54) is 0 Å². The molecule has 0 unspecified atom stereocenters. The molecule has 0 aliphatic carbocycles. The molecule has 0 saturated carbocycles. The molecule has 132 valence electrons. The molecule has 0 spiro atoms. The number of carbonyl (C=O) groups is 3. The van der Waals surface area contributed by atoms with Crippen molar-refractivity contribution < 1.29 is 14.4 Å². The van der Waals surface area contributed by atoms with Crippen molar-refractivity contribution in [1.82, 2.24) is 4.90 Å². The zero-order valence-electron chi connectivity index (χ0n) is 13.2. The van der Waals surface area contributed by atoms with Crippen LogP contribution in [0, 0.1) is 3.57 Å². The molecule has 0 radical (unpaired) electrons. The summed E-state index contributed by atoms with van der Waals surface area (Å²) in [7, 11) is 0. The minimum atomic E-state index is -0.460. The Hall–Kier alpha value is -1.65. The van der Waals surface area contributed by atoms with Crippen LogP contribution >= 0.6 is 50.3 Å². The Balaban J connectivity index is 1.69. The van der Waals surface area contributed by atoms with Crippen molar-refractivity contribution in [2.24, 2.45) is 0 Å². The molecule has 0 atom stereocenters. The van der Waals surface area contributed by atoms with E-state index in [-0.39, 0.29) is 6.54 Å². The summed E-state index contributed by atoms with van der Waals surface area (Å²) in [6.07, 6.45) is 1.65. The Morgan fingerprint density at radius 1 is 1.19 bits per heavy atom. The SMILES string of the molecule is O=C(CN1C(=O)S/C(=C/c2cccc(Br)c2)C1=O)Nc1ccc(I)cc1. The van der Waals surface area contributed by atoms with Gasteiger partial charge in [0.1, 0.15) is 6.54 Å². The zero-order chi connectivity index (χ0) is 18.7. The second kappa shape index (κ2) is 8.36. The number of rotatable bonds is 4. The molecular formula is C18H12BrIN2O3S. The molecule has 26 heavy (non-hydrogen) atoms. The molecule has 3 amide bonds. The summed E-state index contributed by atoms with van der Waals surface area (Å²) < 4.78 is 1.92. The average molecular weight is 543 g/mol. The number of nitrogens with zero attached hydrogens (tertiary/aromatic N) is 1. The molecule has 0 bridgehead atoms. The van der Waals surface area contributed by atoms with Crippen molar-refractivity contribution in [3.63, 3.8) is 0 Å². The number of hydrogen-bond donors (Lipinski definition) is 1.